The topological polar surface area (TPSA) is 83.5 Å². The van der Waals surface area contributed by atoms with E-state index in [2.05, 4.69) is 5.32 Å². The minimum atomic E-state index is -3.85. The summed E-state index contributed by atoms with van der Waals surface area (Å²) in [6.45, 7) is 3.65. The largest absolute Gasteiger partial charge is 0.356 e. The summed E-state index contributed by atoms with van der Waals surface area (Å²) in [5.41, 5.74) is 0. The van der Waals surface area contributed by atoms with Gasteiger partial charge in [0.2, 0.25) is 5.91 Å². The highest BCUT2D eigenvalue weighted by molar-refractivity contribution is 7.85. The monoisotopic (exact) mass is 267 g/mol. The molecule has 2 N–H and O–H groups in total. The lowest BCUT2D eigenvalue weighted by atomic mass is 10.3. The molecule has 6 nitrogen and oxygen atoms in total. The van der Waals surface area contributed by atoms with Gasteiger partial charge in [-0.05, 0) is 0 Å². The van der Waals surface area contributed by atoms with Crippen molar-refractivity contribution >= 4 is 16.0 Å². The molecule has 0 fully saturated rings. The van der Waals surface area contributed by atoms with Crippen LogP contribution in [0.1, 0.15) is 19.8 Å². The lowest BCUT2D eigenvalue weighted by Gasteiger charge is -2.29. The van der Waals surface area contributed by atoms with Crippen LogP contribution in [0.25, 0.3) is 0 Å². The van der Waals surface area contributed by atoms with Gasteiger partial charge in [0, 0.05) is 26.3 Å². The first-order chi connectivity index (χ1) is 7.62. The zero-order chi connectivity index (χ0) is 13.5. The van der Waals surface area contributed by atoms with Gasteiger partial charge in [-0.3, -0.25) is 9.35 Å². The highest BCUT2D eigenvalue weighted by atomic mass is 32.2. The maximum Gasteiger partial charge on any atom is 0.265 e. The molecule has 1 amide bonds. The first kappa shape index (κ1) is 16.3. The average Bonchev–Trinajstić information content (AvgIpc) is 2.09. The second-order valence-corrected chi connectivity index (χ2v) is 6.43. The molecule has 0 radical (unpaired) electrons. The Labute approximate surface area is 103 Å². The van der Waals surface area contributed by atoms with Crippen LogP contribution in [-0.4, -0.2) is 62.8 Å². The van der Waals surface area contributed by atoms with Crippen LogP contribution in [0.2, 0.25) is 0 Å². The number of carbonyl (C=O) groups is 1. The van der Waals surface area contributed by atoms with Crippen molar-refractivity contribution in [1.29, 1.82) is 0 Å². The number of hydrogen-bond donors (Lipinski definition) is 2. The van der Waals surface area contributed by atoms with E-state index in [1.807, 2.05) is 14.1 Å². The molecular formula is C10H23N2O4S+. The van der Waals surface area contributed by atoms with Crippen LogP contribution >= 0.6 is 0 Å². The summed E-state index contributed by atoms with van der Waals surface area (Å²) in [6.07, 6.45) is 1.28. The van der Waals surface area contributed by atoms with Crippen LogP contribution in [0.4, 0.5) is 0 Å². The third-order valence-corrected chi connectivity index (χ3v) is 3.28. The van der Waals surface area contributed by atoms with E-state index in [9.17, 15) is 13.2 Å². The Hall–Kier alpha value is -0.660. The molecule has 17 heavy (non-hydrogen) atoms. The standard InChI is InChI=1S/C10H22N2O4S/c1-10(13)11-6-4-7-12(2,3)8-5-9-17(14,15)16/h4-9H2,1-3H3,(H-,11,13,14,15,16)/p+1. The van der Waals surface area contributed by atoms with Crippen molar-refractivity contribution in [2.24, 2.45) is 0 Å². The third kappa shape index (κ3) is 11.6. The van der Waals surface area contributed by atoms with Crippen LogP contribution in [0.3, 0.4) is 0 Å². The maximum atomic E-state index is 10.6. The third-order valence-electron chi connectivity index (χ3n) is 2.48. The number of nitrogens with one attached hydrogen (secondary N) is 1. The van der Waals surface area contributed by atoms with Gasteiger partial charge in [0.05, 0.1) is 32.9 Å². The Kier molecular flexibility index (Phi) is 6.66. The highest BCUT2D eigenvalue weighted by Gasteiger charge is 2.16. The van der Waals surface area contributed by atoms with E-state index in [1.54, 1.807) is 0 Å². The predicted octanol–water partition coefficient (Wildman–Crippen LogP) is -0.133. The zero-order valence-corrected chi connectivity index (χ0v) is 11.6. The fraction of sp³-hybridized carbons (Fsp3) is 0.900. The lowest BCUT2D eigenvalue weighted by Crippen LogP contribution is -2.43. The van der Waals surface area contributed by atoms with Crippen LogP contribution in [0, 0.1) is 0 Å². The van der Waals surface area contributed by atoms with E-state index in [1.165, 1.54) is 6.92 Å². The SMILES string of the molecule is CC(=O)NCCC[N+](C)(C)CCCS(=O)(=O)O. The second-order valence-electron chi connectivity index (χ2n) is 4.86. The van der Waals surface area contributed by atoms with Crippen molar-refractivity contribution in [3.63, 3.8) is 0 Å². The van der Waals surface area contributed by atoms with Crippen molar-refractivity contribution in [2.45, 2.75) is 19.8 Å². The minimum absolute atomic E-state index is 0.0401. The smallest absolute Gasteiger partial charge is 0.265 e. The average molecular weight is 267 g/mol. The van der Waals surface area contributed by atoms with E-state index in [0.717, 1.165) is 13.0 Å². The van der Waals surface area contributed by atoms with Gasteiger partial charge < -0.3 is 9.80 Å². The van der Waals surface area contributed by atoms with Gasteiger partial charge in [0.1, 0.15) is 0 Å². The van der Waals surface area contributed by atoms with Crippen molar-refractivity contribution in [3.8, 4) is 0 Å². The van der Waals surface area contributed by atoms with Gasteiger partial charge >= 0.3 is 0 Å². The van der Waals surface area contributed by atoms with Crippen molar-refractivity contribution in [2.75, 3.05) is 39.5 Å². The quantitative estimate of drug-likeness (QED) is 0.364. The van der Waals surface area contributed by atoms with Gasteiger partial charge in [-0.1, -0.05) is 0 Å². The van der Waals surface area contributed by atoms with E-state index >= 15 is 0 Å². The zero-order valence-electron chi connectivity index (χ0n) is 10.8. The van der Waals surface area contributed by atoms with E-state index in [-0.39, 0.29) is 11.7 Å². The number of amides is 1. The molecule has 0 saturated carbocycles. The van der Waals surface area contributed by atoms with E-state index < -0.39 is 10.1 Å². The molecule has 0 aromatic heterocycles. The lowest BCUT2D eigenvalue weighted by molar-refractivity contribution is -0.890. The Morgan fingerprint density at radius 3 is 2.24 bits per heavy atom. The molecule has 0 bridgehead atoms. The number of rotatable bonds is 8. The van der Waals surface area contributed by atoms with Gasteiger partial charge in [0.15, 0.2) is 0 Å². The van der Waals surface area contributed by atoms with Crippen molar-refractivity contribution in [1.82, 2.24) is 5.32 Å². The van der Waals surface area contributed by atoms with Crippen LogP contribution in [0.15, 0.2) is 0 Å². The molecule has 0 aromatic rings. The first-order valence-electron chi connectivity index (χ1n) is 5.64. The second kappa shape index (κ2) is 6.93. The van der Waals surface area contributed by atoms with Crippen molar-refractivity contribution < 1.29 is 22.2 Å². The van der Waals surface area contributed by atoms with Gasteiger partial charge in [-0.2, -0.15) is 8.42 Å². The molecule has 102 valence electrons. The molecule has 0 unspecified atom stereocenters. The van der Waals surface area contributed by atoms with Crippen LogP contribution < -0.4 is 5.32 Å². The van der Waals surface area contributed by atoms with Crippen molar-refractivity contribution in [3.05, 3.63) is 0 Å². The van der Waals surface area contributed by atoms with Gasteiger partial charge in [-0.15, -0.1) is 0 Å². The molecule has 0 spiro atoms. The summed E-state index contributed by atoms with van der Waals surface area (Å²) in [7, 11) is 0.146. The number of quaternary nitrogens is 1. The Balaban J connectivity index is 3.76. The molecule has 0 saturated heterocycles. The Morgan fingerprint density at radius 2 is 1.76 bits per heavy atom. The van der Waals surface area contributed by atoms with Crippen LogP contribution in [0.5, 0.6) is 0 Å². The first-order valence-corrected chi connectivity index (χ1v) is 7.25. The van der Waals surface area contributed by atoms with E-state index in [0.29, 0.717) is 24.0 Å². The summed E-state index contributed by atoms with van der Waals surface area (Å²) >= 11 is 0. The summed E-state index contributed by atoms with van der Waals surface area (Å²) in [4.78, 5) is 10.6. The van der Waals surface area contributed by atoms with E-state index in [4.69, 9.17) is 4.55 Å². The van der Waals surface area contributed by atoms with Gasteiger partial charge in [-0.25, -0.2) is 0 Å². The maximum absolute atomic E-state index is 10.6. The van der Waals surface area contributed by atoms with Crippen LogP contribution in [-0.2, 0) is 14.9 Å². The molecular weight excluding hydrogens is 244 g/mol. The number of carbonyl (C=O) groups excluding carboxylic acids is 1. The summed E-state index contributed by atoms with van der Waals surface area (Å²) in [6, 6.07) is 0. The molecule has 0 atom stereocenters. The number of hydrogen-bond acceptors (Lipinski definition) is 3. The normalized spacial score (nSPS) is 12.5. The summed E-state index contributed by atoms with van der Waals surface area (Å²) < 4.78 is 30.4. The minimum Gasteiger partial charge on any atom is -0.356 e. The summed E-state index contributed by atoms with van der Waals surface area (Å²) in [5, 5.41) is 2.71. The predicted molar refractivity (Wildman–Crippen MR) is 66.2 cm³/mol. The fourth-order valence-corrected chi connectivity index (χ4v) is 2.05. The molecule has 0 heterocycles. The molecule has 0 aliphatic heterocycles. The molecule has 0 aromatic carbocycles. The Morgan fingerprint density at radius 1 is 1.24 bits per heavy atom. The number of nitrogens with zero attached hydrogens (tertiary/aromatic N) is 1. The van der Waals surface area contributed by atoms with Gasteiger partial charge in [0.25, 0.3) is 10.1 Å². The molecule has 0 aliphatic carbocycles. The fourth-order valence-electron chi connectivity index (χ4n) is 1.56. The molecule has 0 aliphatic rings. The molecule has 0 rings (SSSR count). The summed E-state index contributed by atoms with van der Waals surface area (Å²) in [5.74, 6) is -0.234. The Bertz CT molecular complexity index is 338. The molecule has 7 heteroatoms. The highest BCUT2D eigenvalue weighted by Crippen LogP contribution is 2.02.